The van der Waals surface area contributed by atoms with E-state index in [-0.39, 0.29) is 24.7 Å². The number of alkyl halides is 6. The Morgan fingerprint density at radius 2 is 1.59 bits per heavy atom. The molecule has 0 bridgehead atoms. The summed E-state index contributed by atoms with van der Waals surface area (Å²) in [7, 11) is 1.08. The summed E-state index contributed by atoms with van der Waals surface area (Å²) >= 11 is 1.66. The van der Waals surface area contributed by atoms with Crippen molar-refractivity contribution in [3.63, 3.8) is 0 Å². The normalized spacial score (nSPS) is 18.8. The van der Waals surface area contributed by atoms with Gasteiger partial charge in [-0.1, -0.05) is 6.07 Å². The minimum atomic E-state index is -5.03. The molecule has 2 aromatic carbocycles. The number of anilines is 1. The third kappa shape index (κ3) is 5.92. The molecule has 6 nitrogen and oxygen atoms in total. The molecule has 0 fully saturated rings. The van der Waals surface area contributed by atoms with Gasteiger partial charge in [-0.25, -0.2) is 9.59 Å². The smallest absolute Gasteiger partial charge is 0.416 e. The average molecular weight is 577 g/mol. The number of hydrogen-bond donors (Lipinski definition) is 0. The van der Waals surface area contributed by atoms with Crippen molar-refractivity contribution in [1.82, 2.24) is 4.90 Å². The van der Waals surface area contributed by atoms with Crippen molar-refractivity contribution in [3.05, 3.63) is 63.7 Å². The van der Waals surface area contributed by atoms with Gasteiger partial charge in [0, 0.05) is 24.1 Å². The van der Waals surface area contributed by atoms with Gasteiger partial charge in [0.15, 0.2) is 0 Å². The molecule has 0 N–H and O–H groups in total. The lowest BCUT2D eigenvalue weighted by molar-refractivity contribution is -0.143. The van der Waals surface area contributed by atoms with Crippen molar-refractivity contribution in [3.8, 4) is 0 Å². The van der Waals surface area contributed by atoms with Crippen molar-refractivity contribution in [1.29, 1.82) is 0 Å². The maximum atomic E-state index is 13.5. The van der Waals surface area contributed by atoms with Gasteiger partial charge < -0.3 is 9.47 Å². The Hall–Kier alpha value is -3.09. The SMILES string of the molecule is CCOC(=O)N1c2cc3c(cc2[C@H](N(Cc2cc(C(F)(F)F)cc(C(F)(F)F)c2)C(=O)OC)C[C@@H]1C)CSC3. The molecule has 2 heterocycles. The van der Waals surface area contributed by atoms with E-state index in [1.807, 2.05) is 12.1 Å². The molecule has 212 valence electrons. The fraction of sp³-hybridized carbons (Fsp3) is 0.462. The molecule has 0 radical (unpaired) electrons. The Morgan fingerprint density at radius 3 is 2.13 bits per heavy atom. The fourth-order valence-electron chi connectivity index (χ4n) is 5.00. The van der Waals surface area contributed by atoms with Crippen molar-refractivity contribution in [2.75, 3.05) is 18.6 Å². The molecule has 0 spiro atoms. The molecule has 2 aliphatic heterocycles. The van der Waals surface area contributed by atoms with Crippen LogP contribution in [0, 0.1) is 0 Å². The first-order valence-corrected chi connectivity index (χ1v) is 13.2. The average Bonchev–Trinajstić information content (AvgIpc) is 3.31. The molecule has 0 unspecified atom stereocenters. The first-order chi connectivity index (χ1) is 18.2. The topological polar surface area (TPSA) is 59.1 Å². The highest BCUT2D eigenvalue weighted by Gasteiger charge is 2.41. The summed E-state index contributed by atoms with van der Waals surface area (Å²) in [5.74, 6) is 1.40. The summed E-state index contributed by atoms with van der Waals surface area (Å²) < 4.78 is 91.1. The predicted molar refractivity (Wildman–Crippen MR) is 132 cm³/mol. The minimum absolute atomic E-state index is 0.0438. The molecule has 2 atom stereocenters. The summed E-state index contributed by atoms with van der Waals surface area (Å²) in [5.41, 5.74) is -0.316. The second kappa shape index (κ2) is 10.8. The maximum absolute atomic E-state index is 13.5. The number of ether oxygens (including phenoxy) is 2. The van der Waals surface area contributed by atoms with E-state index >= 15 is 0 Å². The predicted octanol–water partition coefficient (Wildman–Crippen LogP) is 7.54. The second-order valence-corrected chi connectivity index (χ2v) is 10.3. The highest BCUT2D eigenvalue weighted by molar-refractivity contribution is 7.98. The lowest BCUT2D eigenvalue weighted by Crippen LogP contribution is -2.47. The van der Waals surface area contributed by atoms with Crippen LogP contribution < -0.4 is 4.90 Å². The first kappa shape index (κ1) is 28.9. The molecule has 0 aromatic heterocycles. The Bertz CT molecular complexity index is 1230. The Kier molecular flexibility index (Phi) is 8.02. The fourth-order valence-corrected chi connectivity index (χ4v) is 6.08. The maximum Gasteiger partial charge on any atom is 0.416 e. The molecule has 2 aromatic rings. The lowest BCUT2D eigenvalue weighted by atomic mass is 9.88. The van der Waals surface area contributed by atoms with Crippen LogP contribution in [-0.4, -0.2) is 36.8 Å². The monoisotopic (exact) mass is 576 g/mol. The van der Waals surface area contributed by atoms with Gasteiger partial charge in [0.2, 0.25) is 0 Å². The zero-order chi connectivity index (χ0) is 28.7. The molecule has 2 amide bonds. The number of amides is 2. The van der Waals surface area contributed by atoms with E-state index in [2.05, 4.69) is 0 Å². The standard InChI is InChI=1S/C26H26F6N2O4S/c1-4-38-24(36)34-14(2)5-21(20-8-16-12-39-13-17(16)9-22(20)34)33(23(35)37-3)11-15-6-18(25(27,28)29)10-19(7-15)26(30,31)32/h6-10,14,21H,4-5,11-13H2,1-3H3/t14-,21+/m0/s1. The zero-order valence-corrected chi connectivity index (χ0v) is 22.1. The minimum Gasteiger partial charge on any atom is -0.453 e. The molecule has 2 aliphatic rings. The van der Waals surface area contributed by atoms with Crippen LogP contribution in [0.5, 0.6) is 0 Å². The molecule has 4 rings (SSSR count). The van der Waals surface area contributed by atoms with E-state index in [1.165, 1.54) is 4.90 Å². The number of fused-ring (bicyclic) bond motifs is 2. The Balaban J connectivity index is 1.83. The number of halogens is 6. The quantitative estimate of drug-likeness (QED) is 0.352. The molecular weight excluding hydrogens is 550 g/mol. The van der Waals surface area contributed by atoms with Crippen molar-refractivity contribution < 1.29 is 45.4 Å². The molecule has 0 aliphatic carbocycles. The third-order valence-electron chi connectivity index (χ3n) is 6.74. The molecular formula is C26H26F6N2O4S. The Labute approximate surface area is 225 Å². The van der Waals surface area contributed by atoms with E-state index in [1.54, 1.807) is 25.6 Å². The van der Waals surface area contributed by atoms with E-state index in [0.29, 0.717) is 34.9 Å². The molecule has 39 heavy (non-hydrogen) atoms. The highest BCUT2D eigenvalue weighted by atomic mass is 32.2. The summed E-state index contributed by atoms with van der Waals surface area (Å²) in [5, 5.41) is 0. The van der Waals surface area contributed by atoms with E-state index in [9.17, 15) is 35.9 Å². The van der Waals surface area contributed by atoms with Crippen molar-refractivity contribution >= 4 is 29.6 Å². The van der Waals surface area contributed by atoms with Gasteiger partial charge in [0.1, 0.15) is 0 Å². The molecule has 13 heteroatoms. The lowest BCUT2D eigenvalue weighted by Gasteiger charge is -2.42. The van der Waals surface area contributed by atoms with Crippen LogP contribution in [0.25, 0.3) is 0 Å². The number of hydrogen-bond acceptors (Lipinski definition) is 5. The van der Waals surface area contributed by atoms with Crippen LogP contribution in [0.15, 0.2) is 30.3 Å². The van der Waals surface area contributed by atoms with Gasteiger partial charge in [-0.3, -0.25) is 9.80 Å². The molecule has 0 saturated heterocycles. The third-order valence-corrected chi connectivity index (χ3v) is 7.77. The number of nitrogens with zero attached hydrogens (tertiary/aromatic N) is 2. The summed E-state index contributed by atoms with van der Waals surface area (Å²) in [6.07, 6.45) is -11.4. The highest BCUT2D eigenvalue weighted by Crippen LogP contribution is 2.46. The van der Waals surface area contributed by atoms with Crippen LogP contribution in [0.3, 0.4) is 0 Å². The summed E-state index contributed by atoms with van der Waals surface area (Å²) in [6, 6.07) is 3.62. The number of methoxy groups -OCH3 is 1. The summed E-state index contributed by atoms with van der Waals surface area (Å²) in [4.78, 5) is 28.5. The number of carbonyl (C=O) groups is 2. The Morgan fingerprint density at radius 1 is 1.00 bits per heavy atom. The number of carbonyl (C=O) groups excluding carboxylic acids is 2. The zero-order valence-electron chi connectivity index (χ0n) is 21.3. The molecule has 0 saturated carbocycles. The van der Waals surface area contributed by atoms with E-state index in [0.717, 1.165) is 23.1 Å². The first-order valence-electron chi connectivity index (χ1n) is 12.1. The summed E-state index contributed by atoms with van der Waals surface area (Å²) in [6.45, 7) is 2.95. The van der Waals surface area contributed by atoms with Crippen LogP contribution in [0.1, 0.15) is 59.7 Å². The van der Waals surface area contributed by atoms with Crippen LogP contribution in [0.2, 0.25) is 0 Å². The van der Waals surface area contributed by atoms with E-state index in [4.69, 9.17) is 9.47 Å². The number of thioether (sulfide) groups is 1. The second-order valence-electron chi connectivity index (χ2n) is 9.35. The number of benzene rings is 2. The largest absolute Gasteiger partial charge is 0.453 e. The van der Waals surface area contributed by atoms with Gasteiger partial charge in [0.25, 0.3) is 0 Å². The van der Waals surface area contributed by atoms with Crippen molar-refractivity contribution in [2.24, 2.45) is 0 Å². The van der Waals surface area contributed by atoms with Gasteiger partial charge >= 0.3 is 24.5 Å². The van der Waals surface area contributed by atoms with Crippen LogP contribution in [0.4, 0.5) is 41.6 Å². The van der Waals surface area contributed by atoms with Crippen LogP contribution in [-0.2, 0) is 39.9 Å². The number of rotatable bonds is 4. The van der Waals surface area contributed by atoms with Gasteiger partial charge in [-0.05, 0) is 66.8 Å². The van der Waals surface area contributed by atoms with E-state index < -0.39 is 54.3 Å². The van der Waals surface area contributed by atoms with Crippen molar-refractivity contribution in [2.45, 2.75) is 62.8 Å². The van der Waals surface area contributed by atoms with Gasteiger partial charge in [-0.15, -0.1) is 0 Å². The van der Waals surface area contributed by atoms with Gasteiger partial charge in [0.05, 0.1) is 36.6 Å². The van der Waals surface area contributed by atoms with Gasteiger partial charge in [-0.2, -0.15) is 38.1 Å². The van der Waals surface area contributed by atoms with Crippen LogP contribution >= 0.6 is 11.8 Å².